The standard InChI is InChI=1S/C8H16N6/c1-2-4-10-7(3-1)5-9-6-8-11-13-14-12-8/h7,9-10H,1-6H2,(H,11,12,13,14). The zero-order valence-corrected chi connectivity index (χ0v) is 8.16. The monoisotopic (exact) mass is 196 g/mol. The van der Waals surface area contributed by atoms with Crippen LogP contribution < -0.4 is 10.6 Å². The van der Waals surface area contributed by atoms with Crippen molar-refractivity contribution in [1.29, 1.82) is 0 Å². The van der Waals surface area contributed by atoms with Gasteiger partial charge in [-0.25, -0.2) is 0 Å². The molecule has 0 amide bonds. The minimum atomic E-state index is 0.607. The molecule has 2 rings (SSSR count). The maximum Gasteiger partial charge on any atom is 0.188 e. The van der Waals surface area contributed by atoms with Crippen LogP contribution in [0.25, 0.3) is 0 Å². The summed E-state index contributed by atoms with van der Waals surface area (Å²) < 4.78 is 0. The molecule has 0 radical (unpaired) electrons. The Hall–Kier alpha value is -1.01. The van der Waals surface area contributed by atoms with Crippen molar-refractivity contribution >= 4 is 0 Å². The van der Waals surface area contributed by atoms with Crippen LogP contribution in [0.15, 0.2) is 0 Å². The molecule has 1 atom stereocenters. The molecule has 1 aliphatic rings. The summed E-state index contributed by atoms with van der Waals surface area (Å²) in [4.78, 5) is 0. The predicted molar refractivity (Wildman–Crippen MR) is 51.5 cm³/mol. The van der Waals surface area contributed by atoms with Crippen LogP contribution in [0.2, 0.25) is 0 Å². The highest BCUT2D eigenvalue weighted by Gasteiger charge is 2.11. The van der Waals surface area contributed by atoms with Crippen LogP contribution in [0, 0.1) is 0 Å². The van der Waals surface area contributed by atoms with Crippen LogP contribution in [0.5, 0.6) is 0 Å². The largest absolute Gasteiger partial charge is 0.313 e. The van der Waals surface area contributed by atoms with Gasteiger partial charge in [0, 0.05) is 12.6 Å². The number of hydrogen-bond donors (Lipinski definition) is 3. The van der Waals surface area contributed by atoms with Gasteiger partial charge < -0.3 is 10.6 Å². The Bertz CT molecular complexity index is 240. The molecule has 1 fully saturated rings. The summed E-state index contributed by atoms with van der Waals surface area (Å²) >= 11 is 0. The number of nitrogens with zero attached hydrogens (tertiary/aromatic N) is 3. The topological polar surface area (TPSA) is 78.5 Å². The van der Waals surface area contributed by atoms with Crippen molar-refractivity contribution in [3.8, 4) is 0 Å². The van der Waals surface area contributed by atoms with Gasteiger partial charge in [-0.2, -0.15) is 5.21 Å². The van der Waals surface area contributed by atoms with Crippen molar-refractivity contribution < 1.29 is 0 Å². The van der Waals surface area contributed by atoms with Crippen molar-refractivity contribution in [2.75, 3.05) is 13.1 Å². The van der Waals surface area contributed by atoms with Gasteiger partial charge in [0.1, 0.15) is 0 Å². The Morgan fingerprint density at radius 3 is 3.14 bits per heavy atom. The summed E-state index contributed by atoms with van der Waals surface area (Å²) in [6, 6.07) is 0.607. The molecule has 3 N–H and O–H groups in total. The van der Waals surface area contributed by atoms with Crippen molar-refractivity contribution in [2.24, 2.45) is 0 Å². The molecule has 0 aliphatic carbocycles. The molecule has 6 nitrogen and oxygen atoms in total. The van der Waals surface area contributed by atoms with Gasteiger partial charge in [0.05, 0.1) is 6.54 Å². The first kappa shape index (κ1) is 9.54. The van der Waals surface area contributed by atoms with Gasteiger partial charge in [-0.15, -0.1) is 10.2 Å². The van der Waals surface area contributed by atoms with Gasteiger partial charge >= 0.3 is 0 Å². The SMILES string of the molecule is C1CCC(CNCc2nn[nH]n2)NC1. The summed E-state index contributed by atoms with van der Waals surface area (Å²) in [6.45, 7) is 2.82. The zero-order valence-electron chi connectivity index (χ0n) is 8.16. The Labute approximate surface area is 82.9 Å². The van der Waals surface area contributed by atoms with Gasteiger partial charge in [0.15, 0.2) is 5.82 Å². The molecule has 1 aromatic heterocycles. The van der Waals surface area contributed by atoms with Crippen molar-refractivity contribution in [3.05, 3.63) is 5.82 Å². The number of aromatic amines is 1. The van der Waals surface area contributed by atoms with E-state index in [1.54, 1.807) is 0 Å². The highest BCUT2D eigenvalue weighted by Crippen LogP contribution is 2.05. The third-order valence-electron chi connectivity index (χ3n) is 2.48. The molecule has 0 bridgehead atoms. The first-order valence-corrected chi connectivity index (χ1v) is 5.11. The fraction of sp³-hybridized carbons (Fsp3) is 0.875. The van der Waals surface area contributed by atoms with E-state index < -0.39 is 0 Å². The quantitative estimate of drug-likeness (QED) is 0.601. The fourth-order valence-electron chi connectivity index (χ4n) is 1.71. The number of piperidine rings is 1. The number of rotatable bonds is 4. The van der Waals surface area contributed by atoms with Crippen molar-refractivity contribution in [2.45, 2.75) is 31.8 Å². The average molecular weight is 196 g/mol. The molecule has 2 heterocycles. The van der Waals surface area contributed by atoms with Crippen LogP contribution in [-0.2, 0) is 6.54 Å². The second-order valence-corrected chi connectivity index (χ2v) is 3.61. The lowest BCUT2D eigenvalue weighted by atomic mass is 10.1. The summed E-state index contributed by atoms with van der Waals surface area (Å²) in [6.07, 6.45) is 3.90. The molecular weight excluding hydrogens is 180 g/mol. The first-order valence-electron chi connectivity index (χ1n) is 5.11. The zero-order chi connectivity index (χ0) is 9.64. The number of nitrogens with one attached hydrogen (secondary N) is 3. The molecule has 0 saturated carbocycles. The minimum Gasteiger partial charge on any atom is -0.313 e. The fourth-order valence-corrected chi connectivity index (χ4v) is 1.71. The molecule has 1 saturated heterocycles. The predicted octanol–water partition coefficient (Wildman–Crippen LogP) is -0.569. The van der Waals surface area contributed by atoms with E-state index in [-0.39, 0.29) is 0 Å². The number of hydrogen-bond acceptors (Lipinski definition) is 5. The molecule has 0 aromatic carbocycles. The summed E-state index contributed by atoms with van der Waals surface area (Å²) in [5.74, 6) is 0.723. The van der Waals surface area contributed by atoms with E-state index in [1.807, 2.05) is 0 Å². The molecular formula is C8H16N6. The molecule has 1 aliphatic heterocycles. The van der Waals surface area contributed by atoms with Crippen LogP contribution in [0.3, 0.4) is 0 Å². The normalized spacial score (nSPS) is 22.4. The van der Waals surface area contributed by atoms with E-state index in [2.05, 4.69) is 31.3 Å². The molecule has 6 heteroatoms. The first-order chi connectivity index (χ1) is 6.95. The maximum absolute atomic E-state index is 3.87. The van der Waals surface area contributed by atoms with E-state index in [9.17, 15) is 0 Å². The summed E-state index contributed by atoms with van der Waals surface area (Å²) in [5, 5.41) is 20.4. The van der Waals surface area contributed by atoms with E-state index in [4.69, 9.17) is 0 Å². The van der Waals surface area contributed by atoms with E-state index in [0.29, 0.717) is 12.6 Å². The van der Waals surface area contributed by atoms with Gasteiger partial charge in [-0.3, -0.25) is 0 Å². The maximum atomic E-state index is 3.87. The highest BCUT2D eigenvalue weighted by atomic mass is 15.5. The second kappa shape index (κ2) is 5.02. The average Bonchev–Trinajstić information content (AvgIpc) is 2.72. The summed E-state index contributed by atoms with van der Waals surface area (Å²) in [7, 11) is 0. The lowest BCUT2D eigenvalue weighted by molar-refractivity contribution is 0.382. The van der Waals surface area contributed by atoms with E-state index in [1.165, 1.54) is 19.3 Å². The summed E-state index contributed by atoms with van der Waals surface area (Å²) in [5.41, 5.74) is 0. The van der Waals surface area contributed by atoms with Gasteiger partial charge in [-0.1, -0.05) is 11.6 Å². The third-order valence-corrected chi connectivity index (χ3v) is 2.48. The van der Waals surface area contributed by atoms with E-state index in [0.717, 1.165) is 18.9 Å². The smallest absolute Gasteiger partial charge is 0.188 e. The second-order valence-electron chi connectivity index (χ2n) is 3.61. The third kappa shape index (κ3) is 2.74. The minimum absolute atomic E-state index is 0.607. The Balaban J connectivity index is 1.62. The number of tetrazole rings is 1. The number of H-pyrrole nitrogens is 1. The Morgan fingerprint density at radius 1 is 1.43 bits per heavy atom. The van der Waals surface area contributed by atoms with Crippen LogP contribution in [0.1, 0.15) is 25.1 Å². The Kier molecular flexibility index (Phi) is 3.42. The van der Waals surface area contributed by atoms with Crippen LogP contribution in [0.4, 0.5) is 0 Å². The van der Waals surface area contributed by atoms with Crippen molar-refractivity contribution in [3.63, 3.8) is 0 Å². The Morgan fingerprint density at radius 2 is 2.43 bits per heavy atom. The number of aromatic nitrogens is 4. The van der Waals surface area contributed by atoms with E-state index >= 15 is 0 Å². The van der Waals surface area contributed by atoms with Crippen molar-refractivity contribution in [1.82, 2.24) is 31.3 Å². The lowest BCUT2D eigenvalue weighted by Gasteiger charge is -2.23. The lowest BCUT2D eigenvalue weighted by Crippen LogP contribution is -2.41. The molecule has 1 aromatic rings. The van der Waals surface area contributed by atoms with Gasteiger partial charge in [0.2, 0.25) is 0 Å². The van der Waals surface area contributed by atoms with Crippen LogP contribution >= 0.6 is 0 Å². The molecule has 78 valence electrons. The van der Waals surface area contributed by atoms with Gasteiger partial charge in [-0.05, 0) is 19.4 Å². The highest BCUT2D eigenvalue weighted by molar-refractivity contribution is 4.78. The molecule has 14 heavy (non-hydrogen) atoms. The van der Waals surface area contributed by atoms with Gasteiger partial charge in [0.25, 0.3) is 0 Å². The molecule has 1 unspecified atom stereocenters. The molecule has 0 spiro atoms. The van der Waals surface area contributed by atoms with Crippen LogP contribution in [-0.4, -0.2) is 39.8 Å².